The van der Waals surface area contributed by atoms with Crippen molar-refractivity contribution in [2.75, 3.05) is 5.32 Å². The van der Waals surface area contributed by atoms with Crippen LogP contribution in [-0.4, -0.2) is 15.8 Å². The summed E-state index contributed by atoms with van der Waals surface area (Å²) in [5.41, 5.74) is -0.308. The van der Waals surface area contributed by atoms with E-state index in [1.165, 1.54) is 24.4 Å². The van der Waals surface area contributed by atoms with E-state index in [9.17, 15) is 14.9 Å². The number of amides is 1. The Labute approximate surface area is 127 Å². The molecule has 0 aliphatic carbocycles. The predicted molar refractivity (Wildman–Crippen MR) is 78.0 cm³/mol. The molecule has 1 aromatic heterocycles. The number of aromatic nitrogens is 1. The number of nitrogens with one attached hydrogen (secondary N) is 1. The fourth-order valence-electron chi connectivity index (χ4n) is 1.49. The molecule has 102 valence electrons. The molecule has 0 saturated carbocycles. The second-order valence-electron chi connectivity index (χ2n) is 3.68. The van der Waals surface area contributed by atoms with E-state index in [0.29, 0.717) is 10.3 Å². The van der Waals surface area contributed by atoms with Gasteiger partial charge in [-0.15, -0.1) is 0 Å². The van der Waals surface area contributed by atoms with Crippen LogP contribution in [0.3, 0.4) is 0 Å². The van der Waals surface area contributed by atoms with Crippen molar-refractivity contribution in [1.29, 1.82) is 0 Å². The van der Waals surface area contributed by atoms with Crippen LogP contribution in [0.15, 0.2) is 41.0 Å². The molecule has 0 fully saturated rings. The average Bonchev–Trinajstić information content (AvgIpc) is 2.41. The van der Waals surface area contributed by atoms with Gasteiger partial charge in [0.25, 0.3) is 11.6 Å². The Hall–Kier alpha value is -1.99. The largest absolute Gasteiger partial charge is 0.306 e. The van der Waals surface area contributed by atoms with Crippen molar-refractivity contribution in [3.05, 3.63) is 61.7 Å². The number of nitrogens with zero attached hydrogens (tertiary/aromatic N) is 2. The van der Waals surface area contributed by atoms with Crippen LogP contribution in [0.1, 0.15) is 10.4 Å². The van der Waals surface area contributed by atoms with Crippen molar-refractivity contribution in [3.63, 3.8) is 0 Å². The molecule has 0 spiro atoms. The highest BCUT2D eigenvalue weighted by Gasteiger charge is 2.20. The Kier molecular flexibility index (Phi) is 4.31. The molecule has 6 nitrogen and oxygen atoms in total. The van der Waals surface area contributed by atoms with Crippen LogP contribution in [-0.2, 0) is 0 Å². The van der Waals surface area contributed by atoms with Crippen LogP contribution in [0.25, 0.3) is 0 Å². The first-order chi connectivity index (χ1) is 9.50. The lowest BCUT2D eigenvalue weighted by atomic mass is 10.2. The second-order valence-corrected chi connectivity index (χ2v) is 4.92. The number of carbonyl (C=O) groups is 1. The minimum absolute atomic E-state index is 0.0124. The standard InChI is InChI=1S/C12H7BrClN3O3/c13-8-4-2-6-15-11(8)16-12(18)7-3-1-5-9(10(7)14)17(19)20/h1-6H,(H,15,16,18). The first-order valence-corrected chi connectivity index (χ1v) is 6.52. The van der Waals surface area contributed by atoms with Crippen LogP contribution in [0, 0.1) is 10.1 Å². The zero-order valence-corrected chi connectivity index (χ0v) is 12.2. The third kappa shape index (κ3) is 2.94. The minimum atomic E-state index is -0.643. The summed E-state index contributed by atoms with van der Waals surface area (Å²) in [5, 5.41) is 13.1. The number of nitro groups is 1. The third-order valence-corrected chi connectivity index (χ3v) is 3.45. The summed E-state index contributed by atoms with van der Waals surface area (Å²) < 4.78 is 0.593. The van der Waals surface area contributed by atoms with Crippen LogP contribution < -0.4 is 5.32 Å². The van der Waals surface area contributed by atoms with Crippen molar-refractivity contribution in [1.82, 2.24) is 4.98 Å². The Morgan fingerprint density at radius 2 is 2.10 bits per heavy atom. The summed E-state index contributed by atoms with van der Waals surface area (Å²) in [6.07, 6.45) is 1.51. The summed E-state index contributed by atoms with van der Waals surface area (Å²) in [6.45, 7) is 0. The van der Waals surface area contributed by atoms with Gasteiger partial charge in [-0.2, -0.15) is 0 Å². The minimum Gasteiger partial charge on any atom is -0.306 e. The van der Waals surface area contributed by atoms with E-state index < -0.39 is 10.8 Å². The van der Waals surface area contributed by atoms with Crippen LogP contribution in [0.5, 0.6) is 0 Å². The maximum Gasteiger partial charge on any atom is 0.288 e. The molecule has 0 atom stereocenters. The molecule has 0 aliphatic heterocycles. The Balaban J connectivity index is 2.33. The van der Waals surface area contributed by atoms with Crippen LogP contribution in [0.2, 0.25) is 5.02 Å². The molecule has 1 N–H and O–H groups in total. The molecule has 0 saturated heterocycles. The van der Waals surface area contributed by atoms with E-state index in [-0.39, 0.29) is 16.3 Å². The highest BCUT2D eigenvalue weighted by Crippen LogP contribution is 2.28. The lowest BCUT2D eigenvalue weighted by molar-refractivity contribution is -0.384. The molecule has 0 radical (unpaired) electrons. The zero-order valence-electron chi connectivity index (χ0n) is 9.84. The molecule has 0 unspecified atom stereocenters. The van der Waals surface area contributed by atoms with Crippen molar-refractivity contribution in [2.45, 2.75) is 0 Å². The number of anilines is 1. The average molecular weight is 357 g/mol. The molecule has 1 aromatic carbocycles. The summed E-state index contributed by atoms with van der Waals surface area (Å²) in [4.78, 5) is 26.2. The molecule has 1 amide bonds. The summed E-state index contributed by atoms with van der Waals surface area (Å²) in [7, 11) is 0. The van der Waals surface area contributed by atoms with E-state index in [1.54, 1.807) is 12.1 Å². The van der Waals surface area contributed by atoms with E-state index in [4.69, 9.17) is 11.6 Å². The van der Waals surface area contributed by atoms with Gasteiger partial charge in [0.1, 0.15) is 10.8 Å². The van der Waals surface area contributed by atoms with Crippen molar-refractivity contribution >= 4 is 44.9 Å². The topological polar surface area (TPSA) is 85.1 Å². The maximum absolute atomic E-state index is 12.1. The first-order valence-electron chi connectivity index (χ1n) is 5.35. The smallest absolute Gasteiger partial charge is 0.288 e. The van der Waals surface area contributed by atoms with Crippen molar-refractivity contribution < 1.29 is 9.72 Å². The number of halogens is 2. The number of nitro benzene ring substituents is 1. The SMILES string of the molecule is O=C(Nc1ncccc1Br)c1cccc([N+](=O)[O-])c1Cl. The van der Waals surface area contributed by atoms with Gasteiger partial charge in [0, 0.05) is 12.3 Å². The normalized spacial score (nSPS) is 10.1. The van der Waals surface area contributed by atoms with E-state index in [1.807, 2.05) is 0 Å². The van der Waals surface area contributed by atoms with Crippen LogP contribution in [0.4, 0.5) is 11.5 Å². The Morgan fingerprint density at radius 1 is 1.35 bits per heavy atom. The zero-order chi connectivity index (χ0) is 14.7. The van der Waals surface area contributed by atoms with E-state index >= 15 is 0 Å². The number of pyridine rings is 1. The summed E-state index contributed by atoms with van der Waals surface area (Å²) in [5.74, 6) is -0.266. The van der Waals surface area contributed by atoms with Gasteiger partial charge in [0.15, 0.2) is 0 Å². The van der Waals surface area contributed by atoms with Gasteiger partial charge in [0.2, 0.25) is 0 Å². The van der Waals surface area contributed by atoms with Gasteiger partial charge in [-0.05, 0) is 34.1 Å². The molecular weight excluding hydrogens is 350 g/mol. The third-order valence-electron chi connectivity index (χ3n) is 2.41. The molecule has 0 aliphatic rings. The number of hydrogen-bond donors (Lipinski definition) is 1. The predicted octanol–water partition coefficient (Wildman–Crippen LogP) is 3.66. The van der Waals surface area contributed by atoms with E-state index in [2.05, 4.69) is 26.2 Å². The van der Waals surface area contributed by atoms with Crippen LogP contribution >= 0.6 is 27.5 Å². The lowest BCUT2D eigenvalue weighted by Gasteiger charge is -2.07. The number of carbonyl (C=O) groups excluding carboxylic acids is 1. The van der Waals surface area contributed by atoms with Crippen molar-refractivity contribution in [3.8, 4) is 0 Å². The van der Waals surface area contributed by atoms with Crippen molar-refractivity contribution in [2.24, 2.45) is 0 Å². The van der Waals surface area contributed by atoms with E-state index in [0.717, 1.165) is 0 Å². The number of benzene rings is 1. The van der Waals surface area contributed by atoms with Gasteiger partial charge in [-0.25, -0.2) is 4.98 Å². The quantitative estimate of drug-likeness (QED) is 0.672. The molecule has 2 aromatic rings. The second kappa shape index (κ2) is 5.98. The van der Waals surface area contributed by atoms with Gasteiger partial charge in [-0.3, -0.25) is 14.9 Å². The highest BCUT2D eigenvalue weighted by molar-refractivity contribution is 9.10. The highest BCUT2D eigenvalue weighted by atomic mass is 79.9. The van der Waals surface area contributed by atoms with Gasteiger partial charge in [0.05, 0.1) is 15.0 Å². The molecule has 20 heavy (non-hydrogen) atoms. The van der Waals surface area contributed by atoms with Gasteiger partial charge < -0.3 is 5.32 Å². The Morgan fingerprint density at radius 3 is 2.75 bits per heavy atom. The summed E-state index contributed by atoms with van der Waals surface area (Å²) >= 11 is 9.11. The molecule has 2 rings (SSSR count). The van der Waals surface area contributed by atoms with Gasteiger partial charge >= 0.3 is 0 Å². The monoisotopic (exact) mass is 355 g/mol. The number of rotatable bonds is 3. The fourth-order valence-corrected chi connectivity index (χ4v) is 2.12. The number of hydrogen-bond acceptors (Lipinski definition) is 4. The first kappa shape index (κ1) is 14.4. The Bertz CT molecular complexity index is 693. The van der Waals surface area contributed by atoms with Gasteiger partial charge in [-0.1, -0.05) is 17.7 Å². The molecule has 8 heteroatoms. The molecular formula is C12H7BrClN3O3. The maximum atomic E-state index is 12.1. The molecule has 1 heterocycles. The summed E-state index contributed by atoms with van der Waals surface area (Å²) in [6, 6.07) is 7.43. The molecule has 0 bridgehead atoms. The fraction of sp³-hybridized carbons (Fsp3) is 0. The lowest BCUT2D eigenvalue weighted by Crippen LogP contribution is -2.14.